The number of halogens is 1. The standard InChI is InChI=1S/C20H14ClN3O3/c1-12-18(19(21)24(23-12)15-5-3-2-4-6-15)20(26)22-14-8-9-16-13(11-14)7-10-17(25)27-16/h2-11H,1H3,(H,22,26). The second kappa shape index (κ2) is 6.74. The normalized spacial score (nSPS) is 10.9. The van der Waals surface area contributed by atoms with Gasteiger partial charge in [-0.25, -0.2) is 9.48 Å². The molecule has 6 nitrogen and oxygen atoms in total. The molecular formula is C20H14ClN3O3. The number of hydrogen-bond acceptors (Lipinski definition) is 4. The van der Waals surface area contributed by atoms with Crippen molar-refractivity contribution in [2.75, 3.05) is 5.32 Å². The minimum absolute atomic E-state index is 0.239. The highest BCUT2D eigenvalue weighted by Crippen LogP contribution is 2.25. The Morgan fingerprint density at radius 2 is 1.89 bits per heavy atom. The molecule has 0 spiro atoms. The van der Waals surface area contributed by atoms with Gasteiger partial charge in [0, 0.05) is 17.1 Å². The van der Waals surface area contributed by atoms with Crippen LogP contribution < -0.4 is 10.9 Å². The molecular weight excluding hydrogens is 366 g/mol. The van der Waals surface area contributed by atoms with E-state index in [1.807, 2.05) is 30.3 Å². The molecule has 0 bridgehead atoms. The molecule has 2 heterocycles. The van der Waals surface area contributed by atoms with Crippen molar-refractivity contribution in [3.8, 4) is 5.69 Å². The van der Waals surface area contributed by atoms with Gasteiger partial charge in [0.15, 0.2) is 0 Å². The Bertz CT molecular complexity index is 1210. The van der Waals surface area contributed by atoms with Gasteiger partial charge in [-0.15, -0.1) is 0 Å². The third kappa shape index (κ3) is 3.22. The number of aryl methyl sites for hydroxylation is 1. The fourth-order valence-corrected chi connectivity index (χ4v) is 3.20. The van der Waals surface area contributed by atoms with Crippen LogP contribution in [0.3, 0.4) is 0 Å². The maximum atomic E-state index is 12.8. The largest absolute Gasteiger partial charge is 0.423 e. The lowest BCUT2D eigenvalue weighted by Crippen LogP contribution is -2.13. The van der Waals surface area contributed by atoms with Crippen LogP contribution >= 0.6 is 11.6 Å². The van der Waals surface area contributed by atoms with Crippen molar-refractivity contribution >= 4 is 34.2 Å². The molecule has 0 aliphatic carbocycles. The number of rotatable bonds is 3. The second-order valence-corrected chi connectivity index (χ2v) is 6.32. The third-order valence-corrected chi connectivity index (χ3v) is 4.46. The molecule has 1 N–H and O–H groups in total. The quantitative estimate of drug-likeness (QED) is 0.541. The van der Waals surface area contributed by atoms with E-state index in [0.717, 1.165) is 5.69 Å². The van der Waals surface area contributed by atoms with Gasteiger partial charge in [0.2, 0.25) is 0 Å². The summed E-state index contributed by atoms with van der Waals surface area (Å²) in [6.07, 6.45) is 0. The summed E-state index contributed by atoms with van der Waals surface area (Å²) >= 11 is 6.43. The summed E-state index contributed by atoms with van der Waals surface area (Å²) < 4.78 is 6.62. The molecule has 4 rings (SSSR count). The number of anilines is 1. The topological polar surface area (TPSA) is 77.1 Å². The maximum absolute atomic E-state index is 12.8. The Morgan fingerprint density at radius 3 is 2.67 bits per heavy atom. The molecule has 4 aromatic rings. The average molecular weight is 380 g/mol. The van der Waals surface area contributed by atoms with Crippen LogP contribution in [0, 0.1) is 6.92 Å². The molecule has 27 heavy (non-hydrogen) atoms. The SMILES string of the molecule is Cc1nn(-c2ccccc2)c(Cl)c1C(=O)Nc1ccc2oc(=O)ccc2c1. The van der Waals surface area contributed by atoms with Crippen molar-refractivity contribution in [2.24, 2.45) is 0 Å². The predicted octanol–water partition coefficient (Wildman–Crippen LogP) is 4.19. The number of fused-ring (bicyclic) bond motifs is 1. The number of nitrogens with one attached hydrogen (secondary N) is 1. The Balaban J connectivity index is 1.67. The molecule has 2 aromatic heterocycles. The van der Waals surface area contributed by atoms with Crippen molar-refractivity contribution < 1.29 is 9.21 Å². The highest BCUT2D eigenvalue weighted by Gasteiger charge is 2.21. The summed E-state index contributed by atoms with van der Waals surface area (Å²) in [4.78, 5) is 24.0. The van der Waals surface area contributed by atoms with E-state index in [1.165, 1.54) is 10.7 Å². The van der Waals surface area contributed by atoms with E-state index in [1.54, 1.807) is 31.2 Å². The predicted molar refractivity (Wildman–Crippen MR) is 104 cm³/mol. The van der Waals surface area contributed by atoms with Crippen molar-refractivity contribution in [1.29, 1.82) is 0 Å². The number of nitrogens with zero attached hydrogens (tertiary/aromatic N) is 2. The number of hydrogen-bond donors (Lipinski definition) is 1. The van der Waals surface area contributed by atoms with Crippen molar-refractivity contribution in [3.63, 3.8) is 0 Å². The summed E-state index contributed by atoms with van der Waals surface area (Å²) in [5.74, 6) is -0.364. The summed E-state index contributed by atoms with van der Waals surface area (Å²) in [7, 11) is 0. The van der Waals surface area contributed by atoms with Gasteiger partial charge in [-0.1, -0.05) is 29.8 Å². The molecule has 134 valence electrons. The van der Waals surface area contributed by atoms with E-state index in [0.29, 0.717) is 27.9 Å². The third-order valence-electron chi connectivity index (χ3n) is 4.11. The van der Waals surface area contributed by atoms with Gasteiger partial charge in [0.25, 0.3) is 5.91 Å². The van der Waals surface area contributed by atoms with Crippen LogP contribution in [0.1, 0.15) is 16.1 Å². The number of carbonyl (C=O) groups is 1. The molecule has 1 amide bonds. The van der Waals surface area contributed by atoms with Gasteiger partial charge in [0.05, 0.1) is 11.4 Å². The van der Waals surface area contributed by atoms with E-state index in [2.05, 4.69) is 10.4 Å². The smallest absolute Gasteiger partial charge is 0.336 e. The zero-order valence-electron chi connectivity index (χ0n) is 14.3. The van der Waals surface area contributed by atoms with Crippen molar-refractivity contribution in [1.82, 2.24) is 9.78 Å². The Kier molecular flexibility index (Phi) is 4.25. The maximum Gasteiger partial charge on any atom is 0.336 e. The average Bonchev–Trinajstić information content (AvgIpc) is 2.97. The molecule has 0 radical (unpaired) electrons. The van der Waals surface area contributed by atoms with Crippen molar-refractivity contribution in [2.45, 2.75) is 6.92 Å². The van der Waals surface area contributed by atoms with Crippen LogP contribution in [-0.4, -0.2) is 15.7 Å². The number of para-hydroxylation sites is 1. The van der Waals surface area contributed by atoms with Crippen molar-refractivity contribution in [3.05, 3.63) is 87.5 Å². The molecule has 2 aromatic carbocycles. The zero-order valence-corrected chi connectivity index (χ0v) is 15.0. The van der Waals surface area contributed by atoms with Crippen LogP contribution in [0.5, 0.6) is 0 Å². The second-order valence-electron chi connectivity index (χ2n) is 5.96. The van der Waals surface area contributed by atoms with Crippen LogP contribution in [0.4, 0.5) is 5.69 Å². The monoisotopic (exact) mass is 379 g/mol. The van der Waals surface area contributed by atoms with Crippen LogP contribution in [0.15, 0.2) is 69.9 Å². The van der Waals surface area contributed by atoms with Gasteiger partial charge in [-0.05, 0) is 43.3 Å². The Morgan fingerprint density at radius 1 is 1.11 bits per heavy atom. The lowest BCUT2D eigenvalue weighted by atomic mass is 10.2. The summed E-state index contributed by atoms with van der Waals surface area (Å²) in [6.45, 7) is 1.73. The molecule has 0 saturated carbocycles. The van der Waals surface area contributed by atoms with E-state index in [4.69, 9.17) is 16.0 Å². The minimum atomic E-state index is -0.421. The molecule has 0 saturated heterocycles. The van der Waals surface area contributed by atoms with E-state index >= 15 is 0 Å². The van der Waals surface area contributed by atoms with Crippen LogP contribution in [0.25, 0.3) is 16.7 Å². The first-order valence-corrected chi connectivity index (χ1v) is 8.56. The number of benzene rings is 2. The van der Waals surface area contributed by atoms with E-state index in [9.17, 15) is 9.59 Å². The highest BCUT2D eigenvalue weighted by atomic mass is 35.5. The van der Waals surface area contributed by atoms with Gasteiger partial charge in [-0.3, -0.25) is 4.79 Å². The van der Waals surface area contributed by atoms with Gasteiger partial charge in [-0.2, -0.15) is 5.10 Å². The molecule has 0 fully saturated rings. The zero-order chi connectivity index (χ0) is 19.0. The number of carbonyl (C=O) groups excluding carboxylic acids is 1. The molecule has 7 heteroatoms. The first-order chi connectivity index (χ1) is 13.0. The Labute approximate surface area is 159 Å². The van der Waals surface area contributed by atoms with Crippen LogP contribution in [-0.2, 0) is 0 Å². The number of amides is 1. The highest BCUT2D eigenvalue weighted by molar-refractivity contribution is 6.34. The minimum Gasteiger partial charge on any atom is -0.423 e. The molecule has 0 unspecified atom stereocenters. The van der Waals surface area contributed by atoms with Gasteiger partial charge < -0.3 is 9.73 Å². The first kappa shape index (κ1) is 17.1. The Hall–Kier alpha value is -3.38. The summed E-state index contributed by atoms with van der Waals surface area (Å²) in [5.41, 5.74) is 2.18. The van der Waals surface area contributed by atoms with Gasteiger partial charge >= 0.3 is 5.63 Å². The lowest BCUT2D eigenvalue weighted by molar-refractivity contribution is 0.102. The summed E-state index contributed by atoms with van der Waals surface area (Å²) in [6, 6.07) is 17.3. The molecule has 0 aliphatic rings. The lowest BCUT2D eigenvalue weighted by Gasteiger charge is -2.06. The summed E-state index contributed by atoms with van der Waals surface area (Å²) in [5, 5.41) is 8.13. The van der Waals surface area contributed by atoms with Gasteiger partial charge in [0.1, 0.15) is 16.3 Å². The van der Waals surface area contributed by atoms with E-state index in [-0.39, 0.29) is 11.1 Å². The first-order valence-electron chi connectivity index (χ1n) is 8.19. The van der Waals surface area contributed by atoms with Crippen LogP contribution in [0.2, 0.25) is 5.15 Å². The number of aromatic nitrogens is 2. The fourth-order valence-electron chi connectivity index (χ4n) is 2.84. The molecule has 0 aliphatic heterocycles. The fraction of sp³-hybridized carbons (Fsp3) is 0.0500. The van der Waals surface area contributed by atoms with E-state index < -0.39 is 5.63 Å². The molecule has 0 atom stereocenters.